The van der Waals surface area contributed by atoms with Crippen molar-refractivity contribution in [2.45, 2.75) is 46.0 Å². The summed E-state index contributed by atoms with van der Waals surface area (Å²) in [5, 5.41) is 0. The average molecular weight is 303 g/mol. The Balaban J connectivity index is 2.78. The maximum absolute atomic E-state index is 12.1. The van der Waals surface area contributed by atoms with Crippen LogP contribution in [0.2, 0.25) is 0 Å². The Hall–Kier alpha value is -1.77. The lowest BCUT2D eigenvalue weighted by Gasteiger charge is -2.12. The van der Waals surface area contributed by atoms with Crippen LogP contribution in [0.5, 0.6) is 0 Å². The van der Waals surface area contributed by atoms with E-state index in [4.69, 9.17) is 4.74 Å². The van der Waals surface area contributed by atoms with Gasteiger partial charge in [0, 0.05) is 20.3 Å². The van der Waals surface area contributed by atoms with Crippen molar-refractivity contribution in [3.8, 4) is 0 Å². The number of hydrogen-bond acceptors (Lipinski definition) is 3. The Kier molecular flexibility index (Phi) is 8.34. The third-order valence-corrected chi connectivity index (χ3v) is 3.47. The Labute approximate surface area is 135 Å². The van der Waals surface area contributed by atoms with E-state index >= 15 is 0 Å². The molecule has 0 fully saturated rings. The monoisotopic (exact) mass is 303 g/mol. The maximum Gasteiger partial charge on any atom is 0.340 e. The summed E-state index contributed by atoms with van der Waals surface area (Å²) in [5.74, 6) is -0.271. The summed E-state index contributed by atoms with van der Waals surface area (Å²) in [6, 6.07) is 8.26. The van der Waals surface area contributed by atoms with Crippen molar-refractivity contribution in [2.75, 3.05) is 20.7 Å². The van der Waals surface area contributed by atoms with Gasteiger partial charge in [0.25, 0.3) is 0 Å². The lowest BCUT2D eigenvalue weighted by molar-refractivity contribution is -0.136. The van der Waals surface area contributed by atoms with Crippen LogP contribution in [0.1, 0.15) is 50.7 Å². The molecule has 0 N–H and O–H groups in total. The van der Waals surface area contributed by atoms with Gasteiger partial charge in [-0.1, -0.05) is 50.5 Å². The molecule has 1 aromatic rings. The Morgan fingerprint density at radius 3 is 2.32 bits per heavy atom. The van der Waals surface area contributed by atoms with Crippen molar-refractivity contribution < 1.29 is 9.53 Å². The van der Waals surface area contributed by atoms with E-state index in [9.17, 15) is 4.79 Å². The van der Waals surface area contributed by atoms with Gasteiger partial charge in [0.05, 0.1) is 12.2 Å². The fourth-order valence-electron chi connectivity index (χ4n) is 2.32. The van der Waals surface area contributed by atoms with Crippen LogP contribution < -0.4 is 0 Å². The zero-order valence-electron chi connectivity index (χ0n) is 14.4. The molecule has 0 saturated heterocycles. The van der Waals surface area contributed by atoms with Crippen molar-refractivity contribution >= 4 is 11.5 Å². The standard InChI is InChI=1S/C19H29NO2/c1-5-7-8-9-10-16-11-13-17(14-12-16)18(15-20(3)4)19(21)22-6-2/h11-15H,5-10H2,1-4H3/b18-15+. The molecule has 0 bridgehead atoms. The molecule has 122 valence electrons. The molecule has 3 heteroatoms. The molecular weight excluding hydrogens is 274 g/mol. The highest BCUT2D eigenvalue weighted by molar-refractivity contribution is 6.16. The molecule has 0 spiro atoms. The molecule has 0 heterocycles. The predicted molar refractivity (Wildman–Crippen MR) is 92.6 cm³/mol. The number of ether oxygens (including phenoxy) is 1. The molecule has 0 atom stereocenters. The van der Waals surface area contributed by atoms with Crippen LogP contribution in [0.25, 0.3) is 5.57 Å². The topological polar surface area (TPSA) is 29.5 Å². The maximum atomic E-state index is 12.1. The number of benzene rings is 1. The molecule has 0 amide bonds. The highest BCUT2D eigenvalue weighted by Crippen LogP contribution is 2.18. The van der Waals surface area contributed by atoms with E-state index in [-0.39, 0.29) is 5.97 Å². The van der Waals surface area contributed by atoms with E-state index < -0.39 is 0 Å². The summed E-state index contributed by atoms with van der Waals surface area (Å²) in [6.07, 6.45) is 7.99. The highest BCUT2D eigenvalue weighted by atomic mass is 16.5. The molecule has 0 unspecified atom stereocenters. The summed E-state index contributed by atoms with van der Waals surface area (Å²) in [7, 11) is 3.81. The largest absolute Gasteiger partial charge is 0.462 e. The van der Waals surface area contributed by atoms with Gasteiger partial charge in [0.2, 0.25) is 0 Å². The number of unbranched alkanes of at least 4 members (excludes halogenated alkanes) is 3. The minimum absolute atomic E-state index is 0.271. The fraction of sp³-hybridized carbons (Fsp3) is 0.526. The molecule has 22 heavy (non-hydrogen) atoms. The first-order valence-electron chi connectivity index (χ1n) is 8.23. The normalized spacial score (nSPS) is 11.4. The second-order valence-electron chi connectivity index (χ2n) is 5.73. The van der Waals surface area contributed by atoms with Crippen LogP contribution in [-0.4, -0.2) is 31.6 Å². The molecule has 0 aliphatic carbocycles. The molecule has 0 aromatic heterocycles. The first-order chi connectivity index (χ1) is 10.6. The summed E-state index contributed by atoms with van der Waals surface area (Å²) in [5.41, 5.74) is 2.83. The minimum atomic E-state index is -0.271. The smallest absolute Gasteiger partial charge is 0.340 e. The second-order valence-corrected chi connectivity index (χ2v) is 5.73. The predicted octanol–water partition coefficient (Wildman–Crippen LogP) is 4.28. The van der Waals surface area contributed by atoms with E-state index in [1.165, 1.54) is 31.2 Å². The van der Waals surface area contributed by atoms with Gasteiger partial charge in [0.1, 0.15) is 0 Å². The van der Waals surface area contributed by atoms with E-state index in [1.54, 1.807) is 0 Å². The number of nitrogens with zero attached hydrogens (tertiary/aromatic N) is 1. The second kappa shape index (κ2) is 10.0. The minimum Gasteiger partial charge on any atom is -0.462 e. The van der Waals surface area contributed by atoms with Gasteiger partial charge in [-0.25, -0.2) is 4.79 Å². The first-order valence-corrected chi connectivity index (χ1v) is 8.23. The zero-order chi connectivity index (χ0) is 16.4. The van der Waals surface area contributed by atoms with Gasteiger partial charge >= 0.3 is 5.97 Å². The van der Waals surface area contributed by atoms with Crippen molar-refractivity contribution in [3.63, 3.8) is 0 Å². The van der Waals surface area contributed by atoms with Crippen molar-refractivity contribution in [2.24, 2.45) is 0 Å². The van der Waals surface area contributed by atoms with Gasteiger partial charge in [-0.15, -0.1) is 0 Å². The van der Waals surface area contributed by atoms with Crippen LogP contribution in [0.3, 0.4) is 0 Å². The first kappa shape index (κ1) is 18.3. The quantitative estimate of drug-likeness (QED) is 0.387. The summed E-state index contributed by atoms with van der Waals surface area (Å²) >= 11 is 0. The van der Waals surface area contributed by atoms with Crippen LogP contribution in [0.4, 0.5) is 0 Å². The number of carbonyl (C=O) groups excluding carboxylic acids is 1. The van der Waals surface area contributed by atoms with Crippen molar-refractivity contribution in [1.29, 1.82) is 0 Å². The number of carbonyl (C=O) groups is 1. The molecule has 0 aliphatic rings. The average Bonchev–Trinajstić information content (AvgIpc) is 2.50. The van der Waals surface area contributed by atoms with E-state index in [0.717, 1.165) is 12.0 Å². The van der Waals surface area contributed by atoms with E-state index in [2.05, 4.69) is 19.1 Å². The third kappa shape index (κ3) is 6.33. The summed E-state index contributed by atoms with van der Waals surface area (Å²) in [4.78, 5) is 14.0. The van der Waals surface area contributed by atoms with Crippen LogP contribution in [-0.2, 0) is 16.0 Å². The Morgan fingerprint density at radius 2 is 1.77 bits per heavy atom. The Bertz CT molecular complexity index is 475. The molecule has 1 aromatic carbocycles. The molecule has 0 saturated carbocycles. The van der Waals surface area contributed by atoms with Crippen LogP contribution in [0, 0.1) is 0 Å². The summed E-state index contributed by atoms with van der Waals surface area (Å²) in [6.45, 7) is 4.44. The number of aryl methyl sites for hydroxylation is 1. The SMILES string of the molecule is CCCCCCc1ccc(/C(=C\N(C)C)C(=O)OCC)cc1. The number of rotatable bonds is 9. The zero-order valence-corrected chi connectivity index (χ0v) is 14.4. The lowest BCUT2D eigenvalue weighted by Crippen LogP contribution is -2.11. The molecule has 0 radical (unpaired) electrons. The molecular formula is C19H29NO2. The van der Waals surface area contributed by atoms with Crippen molar-refractivity contribution in [3.05, 3.63) is 41.6 Å². The van der Waals surface area contributed by atoms with E-state index in [0.29, 0.717) is 12.2 Å². The van der Waals surface area contributed by atoms with Gasteiger partial charge in [-0.3, -0.25) is 0 Å². The van der Waals surface area contributed by atoms with Crippen molar-refractivity contribution in [1.82, 2.24) is 4.90 Å². The van der Waals surface area contributed by atoms with Gasteiger partial charge in [0.15, 0.2) is 0 Å². The molecule has 3 nitrogen and oxygen atoms in total. The molecule has 1 rings (SSSR count). The van der Waals surface area contributed by atoms with Crippen LogP contribution in [0.15, 0.2) is 30.5 Å². The number of hydrogen-bond donors (Lipinski definition) is 0. The molecule has 0 aliphatic heterocycles. The third-order valence-electron chi connectivity index (χ3n) is 3.47. The van der Waals surface area contributed by atoms with Gasteiger partial charge < -0.3 is 9.64 Å². The number of esters is 1. The highest BCUT2D eigenvalue weighted by Gasteiger charge is 2.13. The van der Waals surface area contributed by atoms with Gasteiger partial charge in [-0.2, -0.15) is 0 Å². The van der Waals surface area contributed by atoms with E-state index in [1.807, 2.05) is 44.3 Å². The van der Waals surface area contributed by atoms with Gasteiger partial charge in [-0.05, 0) is 30.9 Å². The lowest BCUT2D eigenvalue weighted by atomic mass is 10.0. The summed E-state index contributed by atoms with van der Waals surface area (Å²) < 4.78 is 5.15. The Morgan fingerprint density at radius 1 is 1.09 bits per heavy atom. The fourth-order valence-corrected chi connectivity index (χ4v) is 2.32. The van der Waals surface area contributed by atoms with Crippen LogP contribution >= 0.6 is 0 Å².